The van der Waals surface area contributed by atoms with Crippen LogP contribution in [0.4, 0.5) is 5.69 Å². The molecule has 1 atom stereocenters. The molecule has 6 nitrogen and oxygen atoms in total. The third-order valence-electron chi connectivity index (χ3n) is 4.09. The summed E-state index contributed by atoms with van der Waals surface area (Å²) in [5.41, 5.74) is 2.98. The lowest BCUT2D eigenvalue weighted by Crippen LogP contribution is -2.09. The third-order valence-corrected chi connectivity index (χ3v) is 4.09. The molecule has 1 aliphatic rings. The summed E-state index contributed by atoms with van der Waals surface area (Å²) in [6.45, 7) is 2.94. The lowest BCUT2D eigenvalue weighted by atomic mass is 10.1. The molecule has 1 aromatic carbocycles. The molecule has 4 rings (SSSR count). The van der Waals surface area contributed by atoms with E-state index in [4.69, 9.17) is 4.74 Å². The number of nitrogens with one attached hydrogen (secondary N) is 1. The van der Waals surface area contributed by atoms with E-state index in [1.807, 2.05) is 36.5 Å². The summed E-state index contributed by atoms with van der Waals surface area (Å²) in [6.07, 6.45) is 3.57. The van der Waals surface area contributed by atoms with E-state index in [0.717, 1.165) is 40.9 Å². The summed E-state index contributed by atoms with van der Waals surface area (Å²) in [6, 6.07) is 9.89. The van der Waals surface area contributed by atoms with E-state index in [-0.39, 0.29) is 5.92 Å². The average molecular weight is 307 g/mol. The summed E-state index contributed by atoms with van der Waals surface area (Å²) in [7, 11) is 1.67. The monoisotopic (exact) mass is 307 g/mol. The van der Waals surface area contributed by atoms with Crippen molar-refractivity contribution in [2.45, 2.75) is 12.8 Å². The van der Waals surface area contributed by atoms with Crippen molar-refractivity contribution in [3.8, 4) is 22.8 Å². The topological polar surface area (TPSA) is 64.9 Å². The lowest BCUT2D eigenvalue weighted by molar-refractivity contribution is 0.415. The Labute approximate surface area is 134 Å². The smallest absolute Gasteiger partial charge is 0.170 e. The van der Waals surface area contributed by atoms with Gasteiger partial charge in [-0.3, -0.25) is 9.55 Å². The van der Waals surface area contributed by atoms with Gasteiger partial charge in [0.15, 0.2) is 5.82 Å². The van der Waals surface area contributed by atoms with Crippen LogP contribution < -0.4 is 10.1 Å². The van der Waals surface area contributed by atoms with Crippen molar-refractivity contribution in [2.24, 2.45) is 0 Å². The van der Waals surface area contributed by atoms with E-state index >= 15 is 0 Å². The first-order valence-corrected chi connectivity index (χ1v) is 7.56. The number of benzene rings is 1. The van der Waals surface area contributed by atoms with Gasteiger partial charge in [-0.2, -0.15) is 0 Å². The first-order valence-electron chi connectivity index (χ1n) is 7.56. The molecular weight excluding hydrogens is 290 g/mol. The van der Waals surface area contributed by atoms with E-state index in [1.54, 1.807) is 13.3 Å². The van der Waals surface area contributed by atoms with E-state index in [9.17, 15) is 0 Å². The highest BCUT2D eigenvalue weighted by atomic mass is 16.5. The summed E-state index contributed by atoms with van der Waals surface area (Å²) in [4.78, 5) is 4.20. The number of hydrogen-bond acceptors (Lipinski definition) is 5. The summed E-state index contributed by atoms with van der Waals surface area (Å²) in [5.74, 6) is 2.81. The average Bonchev–Trinajstić information content (AvgIpc) is 2.99. The molecule has 0 saturated heterocycles. The minimum Gasteiger partial charge on any atom is -0.497 e. The van der Waals surface area contributed by atoms with Crippen molar-refractivity contribution < 1.29 is 4.74 Å². The van der Waals surface area contributed by atoms with Crippen LogP contribution in [0.2, 0.25) is 0 Å². The van der Waals surface area contributed by atoms with Crippen LogP contribution in [0.1, 0.15) is 18.7 Å². The minimum absolute atomic E-state index is 0.242. The number of rotatable bonds is 2. The van der Waals surface area contributed by atoms with Crippen molar-refractivity contribution in [2.75, 3.05) is 19.0 Å². The number of methoxy groups -OCH3 is 1. The van der Waals surface area contributed by atoms with Gasteiger partial charge in [-0.25, -0.2) is 0 Å². The summed E-state index contributed by atoms with van der Waals surface area (Å²) >= 11 is 0. The molecule has 23 heavy (non-hydrogen) atoms. The van der Waals surface area contributed by atoms with Gasteiger partial charge in [0.25, 0.3) is 0 Å². The van der Waals surface area contributed by atoms with Gasteiger partial charge in [0.1, 0.15) is 11.6 Å². The first-order chi connectivity index (χ1) is 11.3. The molecular formula is C17H17N5O. The molecule has 1 aliphatic heterocycles. The Hall–Kier alpha value is -2.89. The molecule has 0 bridgehead atoms. The zero-order chi connectivity index (χ0) is 15.8. The highest BCUT2D eigenvalue weighted by Gasteiger charge is 2.25. The Balaban J connectivity index is 1.96. The number of pyridine rings is 1. The second-order valence-electron chi connectivity index (χ2n) is 5.62. The number of aromatic nitrogens is 4. The molecule has 0 radical (unpaired) electrons. The number of anilines is 1. The van der Waals surface area contributed by atoms with E-state index in [2.05, 4.69) is 32.0 Å². The third kappa shape index (κ3) is 2.23. The number of hydrogen-bond donors (Lipinski definition) is 1. The van der Waals surface area contributed by atoms with Crippen LogP contribution >= 0.6 is 0 Å². The van der Waals surface area contributed by atoms with Crippen LogP contribution in [0.5, 0.6) is 5.75 Å². The second kappa shape index (κ2) is 5.39. The maximum atomic E-state index is 5.34. The lowest BCUT2D eigenvalue weighted by Gasteiger charge is -2.13. The van der Waals surface area contributed by atoms with Gasteiger partial charge in [0, 0.05) is 36.5 Å². The van der Waals surface area contributed by atoms with Gasteiger partial charge in [0.2, 0.25) is 0 Å². The van der Waals surface area contributed by atoms with Crippen LogP contribution in [0.15, 0.2) is 42.7 Å². The first kappa shape index (κ1) is 13.8. The highest BCUT2D eigenvalue weighted by molar-refractivity contribution is 5.69. The predicted molar refractivity (Wildman–Crippen MR) is 88.0 cm³/mol. The standard InChI is InChI=1S/C17H17N5O/c1-11-9-19-14-8-13(23-2)5-6-15(14)22-16(11)20-21-17(22)12-4-3-7-18-10-12/h3-8,10-11,19H,9H2,1-2H3. The van der Waals surface area contributed by atoms with Crippen LogP contribution in [0.25, 0.3) is 17.1 Å². The highest BCUT2D eigenvalue weighted by Crippen LogP contribution is 2.35. The van der Waals surface area contributed by atoms with Gasteiger partial charge in [-0.15, -0.1) is 10.2 Å². The molecule has 3 heterocycles. The Morgan fingerprint density at radius 1 is 1.26 bits per heavy atom. The number of fused-ring (bicyclic) bond motifs is 3. The maximum absolute atomic E-state index is 5.34. The molecule has 1 unspecified atom stereocenters. The Morgan fingerprint density at radius 2 is 2.17 bits per heavy atom. The quantitative estimate of drug-likeness (QED) is 0.788. The van der Waals surface area contributed by atoms with Gasteiger partial charge in [0.05, 0.1) is 18.5 Å². The fourth-order valence-corrected chi connectivity index (χ4v) is 2.87. The van der Waals surface area contributed by atoms with Crippen molar-refractivity contribution in [3.05, 3.63) is 48.5 Å². The Morgan fingerprint density at radius 3 is 2.96 bits per heavy atom. The molecule has 6 heteroatoms. The number of ether oxygens (including phenoxy) is 1. The van der Waals surface area contributed by atoms with Gasteiger partial charge in [-0.1, -0.05) is 6.92 Å². The molecule has 0 amide bonds. The SMILES string of the molecule is COc1ccc2c(c1)NCC(C)c1nnc(-c3cccnc3)n1-2. The molecule has 3 aromatic rings. The van der Waals surface area contributed by atoms with Gasteiger partial charge < -0.3 is 10.1 Å². The second-order valence-corrected chi connectivity index (χ2v) is 5.62. The minimum atomic E-state index is 0.242. The molecule has 0 saturated carbocycles. The van der Waals surface area contributed by atoms with Gasteiger partial charge in [-0.05, 0) is 24.3 Å². The van der Waals surface area contributed by atoms with E-state index in [1.165, 1.54) is 0 Å². The maximum Gasteiger partial charge on any atom is 0.170 e. The summed E-state index contributed by atoms with van der Waals surface area (Å²) in [5, 5.41) is 12.3. The fraction of sp³-hybridized carbons (Fsp3) is 0.235. The molecule has 0 spiro atoms. The van der Waals surface area contributed by atoms with E-state index in [0.29, 0.717) is 0 Å². The zero-order valence-electron chi connectivity index (χ0n) is 13.0. The molecule has 0 aliphatic carbocycles. The van der Waals surface area contributed by atoms with Crippen LogP contribution in [0.3, 0.4) is 0 Å². The fourth-order valence-electron chi connectivity index (χ4n) is 2.87. The largest absolute Gasteiger partial charge is 0.497 e. The van der Waals surface area contributed by atoms with Crippen molar-refractivity contribution in [3.63, 3.8) is 0 Å². The zero-order valence-corrected chi connectivity index (χ0v) is 13.0. The van der Waals surface area contributed by atoms with Crippen LogP contribution in [0, 0.1) is 0 Å². The Kier molecular flexibility index (Phi) is 3.22. The predicted octanol–water partition coefficient (Wildman–Crippen LogP) is 2.87. The van der Waals surface area contributed by atoms with Crippen LogP contribution in [-0.4, -0.2) is 33.4 Å². The molecule has 1 N–H and O–H groups in total. The number of nitrogens with zero attached hydrogens (tertiary/aromatic N) is 4. The molecule has 0 fully saturated rings. The van der Waals surface area contributed by atoms with Crippen LogP contribution in [-0.2, 0) is 0 Å². The Bertz CT molecular complexity index is 843. The molecule has 116 valence electrons. The van der Waals surface area contributed by atoms with Crippen molar-refractivity contribution in [1.82, 2.24) is 19.7 Å². The van der Waals surface area contributed by atoms with E-state index < -0.39 is 0 Å². The molecule has 2 aromatic heterocycles. The van der Waals surface area contributed by atoms with Crippen molar-refractivity contribution >= 4 is 5.69 Å². The van der Waals surface area contributed by atoms with Gasteiger partial charge >= 0.3 is 0 Å². The normalized spacial score (nSPS) is 16.0. The summed E-state index contributed by atoms with van der Waals surface area (Å²) < 4.78 is 7.45. The van der Waals surface area contributed by atoms with Crippen molar-refractivity contribution in [1.29, 1.82) is 0 Å².